The first-order valence-electron chi connectivity index (χ1n) is 9.06. The third-order valence-electron chi connectivity index (χ3n) is 4.02. The fourth-order valence-electron chi connectivity index (χ4n) is 2.59. The number of rotatable bonds is 7. The van der Waals surface area contributed by atoms with Gasteiger partial charge in [-0.1, -0.05) is 24.3 Å². The zero-order chi connectivity index (χ0) is 20.5. The number of nitrogens with one attached hydrogen (secondary N) is 3. The topological polar surface area (TPSA) is 100 Å². The first-order chi connectivity index (χ1) is 14.1. The first-order valence-corrected chi connectivity index (χ1v) is 9.06. The summed E-state index contributed by atoms with van der Waals surface area (Å²) in [5.74, 6) is -0.727. The van der Waals surface area contributed by atoms with E-state index in [1.807, 2.05) is 6.07 Å². The number of carbonyl (C=O) groups excluding carboxylic acids is 3. The summed E-state index contributed by atoms with van der Waals surface area (Å²) < 4.78 is 0. The third-order valence-corrected chi connectivity index (χ3v) is 4.02. The van der Waals surface area contributed by atoms with Crippen molar-refractivity contribution in [3.63, 3.8) is 0 Å². The minimum Gasteiger partial charge on any atom is -0.352 e. The van der Waals surface area contributed by atoms with Crippen molar-refractivity contribution in [2.45, 2.75) is 6.42 Å². The van der Waals surface area contributed by atoms with E-state index < -0.39 is 0 Å². The molecule has 146 valence electrons. The number of hydrogen-bond donors (Lipinski definition) is 3. The van der Waals surface area contributed by atoms with E-state index in [4.69, 9.17) is 0 Å². The third kappa shape index (κ3) is 6.00. The standard InChI is InChI=1S/C22H20N4O3/c27-20(11-14-24-21(28)16-5-2-1-3-6-16)25-18-7-4-8-19(15-18)26-22(29)17-9-12-23-13-10-17/h1-10,12-13,15H,11,14H2,(H,24,28)(H,25,27)(H,26,29). The molecule has 3 rings (SSSR count). The van der Waals surface area contributed by atoms with Gasteiger partial charge in [0.2, 0.25) is 5.91 Å². The van der Waals surface area contributed by atoms with Crippen molar-refractivity contribution in [1.29, 1.82) is 0 Å². The van der Waals surface area contributed by atoms with E-state index in [0.717, 1.165) is 0 Å². The lowest BCUT2D eigenvalue weighted by Gasteiger charge is -2.09. The van der Waals surface area contributed by atoms with Gasteiger partial charge in [0.05, 0.1) is 0 Å². The molecule has 1 heterocycles. The van der Waals surface area contributed by atoms with Crippen molar-refractivity contribution in [3.05, 3.63) is 90.3 Å². The van der Waals surface area contributed by atoms with Crippen molar-refractivity contribution in [2.24, 2.45) is 0 Å². The van der Waals surface area contributed by atoms with Gasteiger partial charge in [0, 0.05) is 47.9 Å². The Morgan fingerprint density at radius 2 is 1.38 bits per heavy atom. The molecular formula is C22H20N4O3. The van der Waals surface area contributed by atoms with E-state index in [9.17, 15) is 14.4 Å². The van der Waals surface area contributed by atoms with Gasteiger partial charge in [0.15, 0.2) is 0 Å². The molecule has 0 bridgehead atoms. The highest BCUT2D eigenvalue weighted by Gasteiger charge is 2.08. The van der Waals surface area contributed by atoms with E-state index in [-0.39, 0.29) is 30.7 Å². The van der Waals surface area contributed by atoms with Crippen LogP contribution in [0.15, 0.2) is 79.1 Å². The molecule has 0 fully saturated rings. The normalized spacial score (nSPS) is 10.1. The van der Waals surface area contributed by atoms with Gasteiger partial charge in [-0.05, 0) is 42.5 Å². The molecule has 0 aliphatic carbocycles. The van der Waals surface area contributed by atoms with Gasteiger partial charge in [-0.2, -0.15) is 0 Å². The van der Waals surface area contributed by atoms with Gasteiger partial charge >= 0.3 is 0 Å². The lowest BCUT2D eigenvalue weighted by Crippen LogP contribution is -2.27. The van der Waals surface area contributed by atoms with Crippen LogP contribution in [0, 0.1) is 0 Å². The zero-order valence-electron chi connectivity index (χ0n) is 15.6. The second-order valence-electron chi connectivity index (χ2n) is 6.19. The van der Waals surface area contributed by atoms with Crippen molar-refractivity contribution < 1.29 is 14.4 Å². The Hall–Kier alpha value is -4.00. The van der Waals surface area contributed by atoms with Crippen LogP contribution >= 0.6 is 0 Å². The van der Waals surface area contributed by atoms with Gasteiger partial charge in [0.1, 0.15) is 0 Å². The Bertz CT molecular complexity index is 991. The molecule has 7 nitrogen and oxygen atoms in total. The van der Waals surface area contributed by atoms with Crippen LogP contribution in [-0.4, -0.2) is 29.3 Å². The lowest BCUT2D eigenvalue weighted by atomic mass is 10.2. The summed E-state index contributed by atoms with van der Waals surface area (Å²) in [4.78, 5) is 40.2. The number of aromatic nitrogens is 1. The summed E-state index contributed by atoms with van der Waals surface area (Å²) >= 11 is 0. The van der Waals surface area contributed by atoms with E-state index >= 15 is 0 Å². The van der Waals surface area contributed by atoms with Crippen LogP contribution < -0.4 is 16.0 Å². The summed E-state index contributed by atoms with van der Waals surface area (Å²) in [5.41, 5.74) is 2.15. The molecule has 0 atom stereocenters. The highest BCUT2D eigenvalue weighted by molar-refractivity contribution is 6.04. The predicted molar refractivity (Wildman–Crippen MR) is 111 cm³/mol. The van der Waals surface area contributed by atoms with Gasteiger partial charge in [-0.25, -0.2) is 0 Å². The molecule has 7 heteroatoms. The van der Waals surface area contributed by atoms with Crippen molar-refractivity contribution in [3.8, 4) is 0 Å². The van der Waals surface area contributed by atoms with E-state index in [1.54, 1.807) is 73.1 Å². The number of carbonyl (C=O) groups is 3. The lowest BCUT2D eigenvalue weighted by molar-refractivity contribution is -0.116. The fourth-order valence-corrected chi connectivity index (χ4v) is 2.59. The first kappa shape index (κ1) is 19.8. The summed E-state index contributed by atoms with van der Waals surface area (Å²) in [6.07, 6.45) is 3.22. The molecule has 3 amide bonds. The van der Waals surface area contributed by atoms with Crippen LogP contribution in [0.2, 0.25) is 0 Å². The van der Waals surface area contributed by atoms with Crippen molar-refractivity contribution >= 4 is 29.1 Å². The minimum atomic E-state index is -0.264. The Morgan fingerprint density at radius 1 is 0.724 bits per heavy atom. The van der Waals surface area contributed by atoms with E-state index in [0.29, 0.717) is 22.5 Å². The maximum Gasteiger partial charge on any atom is 0.255 e. The van der Waals surface area contributed by atoms with Crippen molar-refractivity contribution in [2.75, 3.05) is 17.2 Å². The van der Waals surface area contributed by atoms with Crippen LogP contribution in [0.1, 0.15) is 27.1 Å². The highest BCUT2D eigenvalue weighted by atomic mass is 16.2. The molecule has 0 aliphatic heterocycles. The summed E-state index contributed by atoms with van der Waals surface area (Å²) in [6, 6.07) is 18.9. The molecule has 0 unspecified atom stereocenters. The molecule has 3 aromatic rings. The van der Waals surface area contributed by atoms with Crippen LogP contribution in [0.3, 0.4) is 0 Å². The number of amides is 3. The molecule has 0 aliphatic rings. The average Bonchev–Trinajstić information content (AvgIpc) is 2.75. The smallest absolute Gasteiger partial charge is 0.255 e. The highest BCUT2D eigenvalue weighted by Crippen LogP contribution is 2.16. The van der Waals surface area contributed by atoms with Crippen LogP contribution in [-0.2, 0) is 4.79 Å². The number of pyridine rings is 1. The minimum absolute atomic E-state index is 0.131. The number of hydrogen-bond acceptors (Lipinski definition) is 4. The van der Waals surface area contributed by atoms with Crippen LogP contribution in [0.4, 0.5) is 11.4 Å². The van der Waals surface area contributed by atoms with E-state index in [1.165, 1.54) is 0 Å². The average molecular weight is 388 g/mol. The van der Waals surface area contributed by atoms with E-state index in [2.05, 4.69) is 20.9 Å². The maximum absolute atomic E-state index is 12.2. The molecule has 1 aromatic heterocycles. The molecular weight excluding hydrogens is 368 g/mol. The SMILES string of the molecule is O=C(CCNC(=O)c1ccccc1)Nc1cccc(NC(=O)c2ccncc2)c1. The Balaban J connectivity index is 1.48. The molecule has 0 saturated carbocycles. The molecule has 29 heavy (non-hydrogen) atoms. The molecule has 2 aromatic carbocycles. The predicted octanol–water partition coefficient (Wildman–Crippen LogP) is 3.09. The summed E-state index contributed by atoms with van der Waals surface area (Å²) in [6.45, 7) is 0.220. The molecule has 3 N–H and O–H groups in total. The number of anilines is 2. The van der Waals surface area contributed by atoms with Gasteiger partial charge in [-0.15, -0.1) is 0 Å². The monoisotopic (exact) mass is 388 g/mol. The molecule has 0 saturated heterocycles. The Morgan fingerprint density at radius 3 is 2.10 bits per heavy atom. The quantitative estimate of drug-likeness (QED) is 0.579. The Kier molecular flexibility index (Phi) is 6.67. The van der Waals surface area contributed by atoms with Crippen LogP contribution in [0.25, 0.3) is 0 Å². The van der Waals surface area contributed by atoms with Crippen molar-refractivity contribution in [1.82, 2.24) is 10.3 Å². The molecule has 0 radical (unpaired) electrons. The van der Waals surface area contributed by atoms with Crippen LogP contribution in [0.5, 0.6) is 0 Å². The second kappa shape index (κ2) is 9.80. The van der Waals surface area contributed by atoms with Gasteiger partial charge in [0.25, 0.3) is 11.8 Å². The molecule has 0 spiro atoms. The van der Waals surface area contributed by atoms with Gasteiger partial charge in [-0.3, -0.25) is 19.4 Å². The summed E-state index contributed by atoms with van der Waals surface area (Å²) in [5, 5.41) is 8.24. The zero-order valence-corrected chi connectivity index (χ0v) is 15.6. The summed E-state index contributed by atoms with van der Waals surface area (Å²) in [7, 11) is 0. The largest absolute Gasteiger partial charge is 0.352 e. The Labute approximate surface area is 168 Å². The van der Waals surface area contributed by atoms with Gasteiger partial charge < -0.3 is 16.0 Å². The maximum atomic E-state index is 12.2. The fraction of sp³-hybridized carbons (Fsp3) is 0.0909. The second-order valence-corrected chi connectivity index (χ2v) is 6.19. The number of nitrogens with zero attached hydrogens (tertiary/aromatic N) is 1. The number of benzene rings is 2.